The first kappa shape index (κ1) is 21.7. The Bertz CT molecular complexity index is 951. The minimum atomic E-state index is -0.730. The van der Waals surface area contributed by atoms with Gasteiger partial charge in [-0.3, -0.25) is 14.4 Å². The van der Waals surface area contributed by atoms with Gasteiger partial charge in [0.1, 0.15) is 12.6 Å². The SMILES string of the molecule is CC(C)CC(NC(=O)c1ccc2ccccc2c1)C(=O)N[C@H]1C/C=C\COCC1=O. The van der Waals surface area contributed by atoms with Gasteiger partial charge in [0.2, 0.25) is 5.91 Å². The molecule has 2 atom stereocenters. The maximum atomic E-state index is 12.9. The van der Waals surface area contributed by atoms with Gasteiger partial charge in [-0.2, -0.15) is 0 Å². The van der Waals surface area contributed by atoms with Crippen LogP contribution in [0.5, 0.6) is 0 Å². The zero-order valence-electron chi connectivity index (χ0n) is 17.4. The molecule has 0 fully saturated rings. The van der Waals surface area contributed by atoms with Crippen molar-refractivity contribution in [3.63, 3.8) is 0 Å². The van der Waals surface area contributed by atoms with Crippen molar-refractivity contribution in [2.24, 2.45) is 5.92 Å². The van der Waals surface area contributed by atoms with Crippen LogP contribution in [0.1, 0.15) is 37.0 Å². The molecule has 0 radical (unpaired) electrons. The highest BCUT2D eigenvalue weighted by atomic mass is 16.5. The van der Waals surface area contributed by atoms with E-state index in [2.05, 4.69) is 10.6 Å². The van der Waals surface area contributed by atoms with E-state index < -0.39 is 12.1 Å². The molecule has 2 aromatic carbocycles. The number of ether oxygens (including phenoxy) is 1. The minimum absolute atomic E-state index is 0.0341. The molecule has 1 unspecified atom stereocenters. The van der Waals surface area contributed by atoms with Gasteiger partial charge in [-0.05, 0) is 41.7 Å². The number of hydrogen-bond donors (Lipinski definition) is 2. The third kappa shape index (κ3) is 5.76. The highest BCUT2D eigenvalue weighted by Gasteiger charge is 2.27. The third-order valence-electron chi connectivity index (χ3n) is 5.04. The van der Waals surface area contributed by atoms with Crippen molar-refractivity contribution in [2.45, 2.75) is 38.8 Å². The summed E-state index contributed by atoms with van der Waals surface area (Å²) < 4.78 is 5.22. The molecule has 2 amide bonds. The molecule has 30 heavy (non-hydrogen) atoms. The quantitative estimate of drug-likeness (QED) is 0.720. The Morgan fingerprint density at radius 3 is 2.63 bits per heavy atom. The lowest BCUT2D eigenvalue weighted by Crippen LogP contribution is -2.52. The monoisotopic (exact) mass is 408 g/mol. The van der Waals surface area contributed by atoms with Gasteiger partial charge in [-0.1, -0.05) is 56.3 Å². The van der Waals surface area contributed by atoms with E-state index in [1.807, 2.05) is 62.4 Å². The second-order valence-corrected chi connectivity index (χ2v) is 7.97. The Morgan fingerprint density at radius 2 is 1.87 bits per heavy atom. The molecule has 0 aromatic heterocycles. The molecule has 0 spiro atoms. The van der Waals surface area contributed by atoms with Crippen LogP contribution < -0.4 is 10.6 Å². The number of carbonyl (C=O) groups excluding carboxylic acids is 3. The second kappa shape index (κ2) is 10.2. The predicted molar refractivity (Wildman–Crippen MR) is 116 cm³/mol. The Hall–Kier alpha value is -2.99. The lowest BCUT2D eigenvalue weighted by molar-refractivity contribution is -0.131. The van der Waals surface area contributed by atoms with Gasteiger partial charge < -0.3 is 15.4 Å². The Labute approximate surface area is 176 Å². The van der Waals surface area contributed by atoms with Crippen LogP contribution in [0.4, 0.5) is 0 Å². The highest BCUT2D eigenvalue weighted by molar-refractivity contribution is 6.01. The summed E-state index contributed by atoms with van der Waals surface area (Å²) in [6, 6.07) is 11.9. The van der Waals surface area contributed by atoms with Crippen LogP contribution in [0.3, 0.4) is 0 Å². The van der Waals surface area contributed by atoms with Gasteiger partial charge in [0.05, 0.1) is 12.6 Å². The van der Waals surface area contributed by atoms with Gasteiger partial charge in [-0.15, -0.1) is 0 Å². The summed E-state index contributed by atoms with van der Waals surface area (Å²) in [5.74, 6) is -0.648. The number of fused-ring (bicyclic) bond motifs is 1. The molecular formula is C24H28N2O4. The van der Waals surface area contributed by atoms with E-state index in [4.69, 9.17) is 4.74 Å². The Kier molecular flexibility index (Phi) is 7.36. The van der Waals surface area contributed by atoms with E-state index in [-0.39, 0.29) is 30.1 Å². The van der Waals surface area contributed by atoms with E-state index in [1.54, 1.807) is 6.07 Å². The van der Waals surface area contributed by atoms with Crippen LogP contribution >= 0.6 is 0 Å². The molecule has 1 heterocycles. The highest BCUT2D eigenvalue weighted by Crippen LogP contribution is 2.16. The average Bonchev–Trinajstić information content (AvgIpc) is 2.72. The van der Waals surface area contributed by atoms with Gasteiger partial charge in [0, 0.05) is 5.56 Å². The van der Waals surface area contributed by atoms with E-state index in [0.29, 0.717) is 25.0 Å². The van der Waals surface area contributed by atoms with Crippen LogP contribution in [0, 0.1) is 5.92 Å². The topological polar surface area (TPSA) is 84.5 Å². The predicted octanol–water partition coefficient (Wildman–Crippen LogP) is 3.01. The maximum Gasteiger partial charge on any atom is 0.251 e. The summed E-state index contributed by atoms with van der Waals surface area (Å²) in [5, 5.41) is 7.65. The lowest BCUT2D eigenvalue weighted by atomic mass is 10.0. The van der Waals surface area contributed by atoms with Crippen molar-refractivity contribution < 1.29 is 19.1 Å². The molecular weight excluding hydrogens is 380 g/mol. The van der Waals surface area contributed by atoms with Crippen LogP contribution in [-0.2, 0) is 14.3 Å². The maximum absolute atomic E-state index is 12.9. The molecule has 158 valence electrons. The van der Waals surface area contributed by atoms with Gasteiger partial charge in [0.25, 0.3) is 5.91 Å². The number of amides is 2. The number of carbonyl (C=O) groups is 3. The number of hydrogen-bond acceptors (Lipinski definition) is 4. The molecule has 0 saturated carbocycles. The molecule has 2 aromatic rings. The fourth-order valence-corrected chi connectivity index (χ4v) is 3.45. The first-order chi connectivity index (χ1) is 14.4. The lowest BCUT2D eigenvalue weighted by Gasteiger charge is -2.24. The summed E-state index contributed by atoms with van der Waals surface area (Å²) in [6.45, 7) is 4.33. The number of benzene rings is 2. The number of rotatable bonds is 6. The van der Waals surface area contributed by atoms with Gasteiger partial charge in [0.15, 0.2) is 5.78 Å². The molecule has 0 bridgehead atoms. The van der Waals surface area contributed by atoms with Crippen molar-refractivity contribution in [1.29, 1.82) is 0 Å². The summed E-state index contributed by atoms with van der Waals surface area (Å²) in [4.78, 5) is 38.0. The summed E-state index contributed by atoms with van der Waals surface area (Å²) in [6.07, 6.45) is 4.55. The van der Waals surface area contributed by atoms with Crippen LogP contribution in [0.2, 0.25) is 0 Å². The van der Waals surface area contributed by atoms with Crippen LogP contribution in [-0.4, -0.2) is 42.9 Å². The molecule has 2 N–H and O–H groups in total. The molecule has 1 aliphatic rings. The van der Waals surface area contributed by atoms with Gasteiger partial charge in [-0.25, -0.2) is 0 Å². The van der Waals surface area contributed by atoms with E-state index in [1.165, 1.54) is 0 Å². The van der Waals surface area contributed by atoms with E-state index in [9.17, 15) is 14.4 Å². The Balaban J connectivity index is 1.72. The average molecular weight is 408 g/mol. The standard InChI is InChI=1S/C24H28N2O4/c1-16(2)13-21(24(29)25-20-9-5-6-12-30-15-22(20)27)26-23(28)19-11-10-17-7-3-4-8-18(17)14-19/h3-8,10-11,14,16,20-21H,9,12-13,15H2,1-2H3,(H,25,29)(H,26,28)/b6-5-/t20-,21?/m0/s1. The van der Waals surface area contributed by atoms with Crippen molar-refractivity contribution in [1.82, 2.24) is 10.6 Å². The van der Waals surface area contributed by atoms with E-state index >= 15 is 0 Å². The largest absolute Gasteiger partial charge is 0.370 e. The van der Waals surface area contributed by atoms with Crippen molar-refractivity contribution >= 4 is 28.4 Å². The van der Waals surface area contributed by atoms with Crippen molar-refractivity contribution in [3.8, 4) is 0 Å². The number of ketones is 1. The fourth-order valence-electron chi connectivity index (χ4n) is 3.45. The summed E-state index contributed by atoms with van der Waals surface area (Å²) in [7, 11) is 0. The summed E-state index contributed by atoms with van der Waals surface area (Å²) in [5.41, 5.74) is 0.494. The molecule has 1 aliphatic heterocycles. The smallest absolute Gasteiger partial charge is 0.251 e. The first-order valence-electron chi connectivity index (χ1n) is 10.3. The second-order valence-electron chi connectivity index (χ2n) is 7.97. The normalized spacial score (nSPS) is 19.0. The number of nitrogens with one attached hydrogen (secondary N) is 2. The molecule has 0 saturated heterocycles. The number of Topliss-reactive ketones (excluding diaryl/α,β-unsaturated/α-hetero) is 1. The zero-order valence-corrected chi connectivity index (χ0v) is 17.4. The molecule has 3 rings (SSSR count). The first-order valence-corrected chi connectivity index (χ1v) is 10.3. The minimum Gasteiger partial charge on any atom is -0.370 e. The third-order valence-corrected chi connectivity index (χ3v) is 5.04. The molecule has 6 heteroatoms. The molecule has 0 aliphatic carbocycles. The van der Waals surface area contributed by atoms with E-state index in [0.717, 1.165) is 10.8 Å². The Morgan fingerprint density at radius 1 is 1.10 bits per heavy atom. The summed E-state index contributed by atoms with van der Waals surface area (Å²) >= 11 is 0. The molecule has 6 nitrogen and oxygen atoms in total. The van der Waals surface area contributed by atoms with Crippen LogP contribution in [0.15, 0.2) is 54.6 Å². The van der Waals surface area contributed by atoms with Crippen molar-refractivity contribution in [2.75, 3.05) is 13.2 Å². The fraction of sp³-hybridized carbons (Fsp3) is 0.375. The van der Waals surface area contributed by atoms with Crippen molar-refractivity contribution in [3.05, 3.63) is 60.2 Å². The zero-order chi connectivity index (χ0) is 21.5. The van der Waals surface area contributed by atoms with Gasteiger partial charge >= 0.3 is 0 Å². The van der Waals surface area contributed by atoms with Crippen LogP contribution in [0.25, 0.3) is 10.8 Å².